The van der Waals surface area contributed by atoms with Crippen LogP contribution in [0.5, 0.6) is 0 Å². The highest BCUT2D eigenvalue weighted by atomic mass is 79.9. The molecule has 2 aromatic carbocycles. The third-order valence-electron chi connectivity index (χ3n) is 3.03. The van der Waals surface area contributed by atoms with Crippen LogP contribution in [0.1, 0.15) is 24.9 Å². The Bertz CT molecular complexity index is 616. The van der Waals surface area contributed by atoms with Crippen molar-refractivity contribution in [2.24, 2.45) is 0 Å². The number of benzene rings is 2. The summed E-state index contributed by atoms with van der Waals surface area (Å²) in [5, 5.41) is 2.85. The van der Waals surface area contributed by atoms with Gasteiger partial charge < -0.3 is 5.32 Å². The normalized spacial score (nSPS) is 12.2. The average Bonchev–Trinajstić information content (AvgIpc) is 2.42. The fourth-order valence-corrected chi connectivity index (χ4v) is 2.29. The molecule has 2 aromatic rings. The summed E-state index contributed by atoms with van der Waals surface area (Å²) >= 11 is 2.92. The number of hydrogen-bond acceptors (Lipinski definition) is 1. The van der Waals surface area contributed by atoms with E-state index in [1.165, 1.54) is 6.07 Å². The van der Waals surface area contributed by atoms with Crippen LogP contribution in [0.2, 0.25) is 0 Å². The number of anilines is 1. The van der Waals surface area contributed by atoms with Crippen molar-refractivity contribution in [1.29, 1.82) is 0 Å². The third kappa shape index (κ3) is 3.15. The zero-order valence-electron chi connectivity index (χ0n) is 10.8. The number of rotatable bonds is 4. The zero-order chi connectivity index (χ0) is 14.7. The van der Waals surface area contributed by atoms with E-state index in [0.717, 1.165) is 12.1 Å². The monoisotopic (exact) mass is 343 g/mol. The van der Waals surface area contributed by atoms with E-state index in [9.17, 15) is 13.2 Å². The summed E-state index contributed by atoms with van der Waals surface area (Å²) in [5.74, 6) is -1.53. The van der Waals surface area contributed by atoms with Crippen molar-refractivity contribution < 1.29 is 13.2 Å². The molecule has 0 bridgehead atoms. The molecule has 0 heterocycles. The molecule has 1 unspecified atom stereocenters. The van der Waals surface area contributed by atoms with Gasteiger partial charge in [0.05, 0.1) is 16.2 Å². The fourth-order valence-electron chi connectivity index (χ4n) is 1.98. The highest BCUT2D eigenvalue weighted by Gasteiger charge is 2.16. The van der Waals surface area contributed by atoms with Crippen LogP contribution in [0.15, 0.2) is 40.9 Å². The van der Waals surface area contributed by atoms with Crippen LogP contribution < -0.4 is 5.32 Å². The molecule has 0 aromatic heterocycles. The van der Waals surface area contributed by atoms with Crippen LogP contribution in [-0.2, 0) is 0 Å². The van der Waals surface area contributed by atoms with Gasteiger partial charge in [0, 0.05) is 11.6 Å². The smallest absolute Gasteiger partial charge is 0.147 e. The highest BCUT2D eigenvalue weighted by molar-refractivity contribution is 9.10. The highest BCUT2D eigenvalue weighted by Crippen LogP contribution is 2.29. The lowest BCUT2D eigenvalue weighted by molar-refractivity contribution is 0.577. The van der Waals surface area contributed by atoms with Gasteiger partial charge in [0.2, 0.25) is 0 Å². The minimum atomic E-state index is -0.590. The second kappa shape index (κ2) is 6.31. The van der Waals surface area contributed by atoms with Gasteiger partial charge in [-0.25, -0.2) is 13.2 Å². The van der Waals surface area contributed by atoms with Crippen LogP contribution >= 0.6 is 15.9 Å². The Hall–Kier alpha value is -1.49. The quantitative estimate of drug-likeness (QED) is 0.730. The lowest BCUT2D eigenvalue weighted by atomic mass is 10.0. The Morgan fingerprint density at radius 1 is 1.05 bits per heavy atom. The lowest BCUT2D eigenvalue weighted by Crippen LogP contribution is -2.12. The van der Waals surface area contributed by atoms with Gasteiger partial charge in [-0.15, -0.1) is 0 Å². The van der Waals surface area contributed by atoms with Gasteiger partial charge in [-0.2, -0.15) is 0 Å². The molecule has 0 fully saturated rings. The number of nitrogens with one attached hydrogen (secondary N) is 1. The second-order valence-electron chi connectivity index (χ2n) is 4.37. The zero-order valence-corrected chi connectivity index (χ0v) is 12.3. The van der Waals surface area contributed by atoms with Crippen molar-refractivity contribution in [3.05, 3.63) is 63.9 Å². The van der Waals surface area contributed by atoms with Crippen molar-refractivity contribution in [1.82, 2.24) is 0 Å². The molecule has 0 amide bonds. The molecule has 1 nitrogen and oxygen atoms in total. The number of hydrogen-bond donors (Lipinski definition) is 1. The van der Waals surface area contributed by atoms with Crippen LogP contribution in [-0.4, -0.2) is 0 Å². The lowest BCUT2D eigenvalue weighted by Gasteiger charge is -2.20. The first-order valence-corrected chi connectivity index (χ1v) is 6.97. The molecular weight excluding hydrogens is 331 g/mol. The Morgan fingerprint density at radius 2 is 1.75 bits per heavy atom. The van der Waals surface area contributed by atoms with Crippen molar-refractivity contribution in [3.63, 3.8) is 0 Å². The van der Waals surface area contributed by atoms with E-state index in [1.807, 2.05) is 6.92 Å². The molecule has 0 aliphatic rings. The van der Waals surface area contributed by atoms with Crippen molar-refractivity contribution >= 4 is 21.6 Å². The average molecular weight is 344 g/mol. The van der Waals surface area contributed by atoms with Gasteiger partial charge in [-0.1, -0.05) is 25.1 Å². The molecule has 1 N–H and O–H groups in total. The van der Waals surface area contributed by atoms with E-state index < -0.39 is 17.7 Å². The van der Waals surface area contributed by atoms with Gasteiger partial charge in [0.1, 0.15) is 17.5 Å². The maximum absolute atomic E-state index is 13.8. The summed E-state index contributed by atoms with van der Waals surface area (Å²) in [6.07, 6.45) is 0.540. The van der Waals surface area contributed by atoms with E-state index in [4.69, 9.17) is 0 Å². The first kappa shape index (κ1) is 14.9. The van der Waals surface area contributed by atoms with Gasteiger partial charge in [0.25, 0.3) is 0 Å². The fraction of sp³-hybridized carbons (Fsp3) is 0.200. The van der Waals surface area contributed by atoms with Gasteiger partial charge in [-0.05, 0) is 34.5 Å². The molecule has 0 aliphatic heterocycles. The minimum absolute atomic E-state index is 0.0146. The van der Waals surface area contributed by atoms with E-state index in [2.05, 4.69) is 21.2 Å². The third-order valence-corrected chi connectivity index (χ3v) is 3.64. The Balaban J connectivity index is 2.32. The first-order valence-electron chi connectivity index (χ1n) is 6.18. The predicted octanol–water partition coefficient (Wildman–Crippen LogP) is 5.43. The van der Waals surface area contributed by atoms with Crippen molar-refractivity contribution in [2.75, 3.05) is 5.32 Å². The molecule has 0 saturated carbocycles. The molecule has 5 heteroatoms. The Labute approximate surface area is 123 Å². The second-order valence-corrected chi connectivity index (χ2v) is 5.23. The standard InChI is InChI=1S/C15H13BrF3N/c1-2-14(9-5-3-4-6-11(9)17)20-15-8-12(18)10(16)7-13(15)19/h3-8,14,20H,2H2,1H3. The molecule has 1 atom stereocenters. The van der Waals surface area contributed by atoms with Crippen LogP contribution in [0.25, 0.3) is 0 Å². The molecule has 0 spiro atoms. The molecule has 0 saturated heterocycles. The minimum Gasteiger partial charge on any atom is -0.376 e. The Morgan fingerprint density at radius 3 is 2.40 bits per heavy atom. The summed E-state index contributed by atoms with van der Waals surface area (Å²) in [4.78, 5) is 0. The van der Waals surface area contributed by atoms with Crippen LogP contribution in [0, 0.1) is 17.5 Å². The van der Waals surface area contributed by atoms with E-state index in [-0.39, 0.29) is 16.0 Å². The maximum Gasteiger partial charge on any atom is 0.147 e. The summed E-state index contributed by atoms with van der Waals surface area (Å²) < 4.78 is 41.1. The van der Waals surface area contributed by atoms with Gasteiger partial charge in [-0.3, -0.25) is 0 Å². The largest absolute Gasteiger partial charge is 0.376 e. The Kier molecular flexibility index (Phi) is 4.70. The summed E-state index contributed by atoms with van der Waals surface area (Å²) in [6.45, 7) is 1.84. The van der Waals surface area contributed by atoms with Crippen LogP contribution in [0.4, 0.5) is 18.9 Å². The van der Waals surface area contributed by atoms with E-state index in [0.29, 0.717) is 12.0 Å². The van der Waals surface area contributed by atoms with E-state index >= 15 is 0 Å². The topological polar surface area (TPSA) is 12.0 Å². The van der Waals surface area contributed by atoms with Crippen molar-refractivity contribution in [2.45, 2.75) is 19.4 Å². The molecule has 2 rings (SSSR count). The molecule has 20 heavy (non-hydrogen) atoms. The summed E-state index contributed by atoms with van der Waals surface area (Å²) in [7, 11) is 0. The number of halogens is 4. The molecule has 0 aliphatic carbocycles. The van der Waals surface area contributed by atoms with Crippen LogP contribution in [0.3, 0.4) is 0 Å². The first-order chi connectivity index (χ1) is 9.52. The van der Waals surface area contributed by atoms with Crippen molar-refractivity contribution in [3.8, 4) is 0 Å². The maximum atomic E-state index is 13.8. The summed E-state index contributed by atoms with van der Waals surface area (Å²) in [5.41, 5.74) is 0.443. The SMILES string of the molecule is CCC(Nc1cc(F)c(Br)cc1F)c1ccccc1F. The predicted molar refractivity (Wildman–Crippen MR) is 77.1 cm³/mol. The molecule has 0 radical (unpaired) electrons. The van der Waals surface area contributed by atoms with Gasteiger partial charge in [0.15, 0.2) is 0 Å². The summed E-state index contributed by atoms with van der Waals surface area (Å²) in [6, 6.07) is 7.95. The van der Waals surface area contributed by atoms with Gasteiger partial charge >= 0.3 is 0 Å². The molecular formula is C15H13BrF3N. The molecule has 106 valence electrons. The van der Waals surface area contributed by atoms with E-state index in [1.54, 1.807) is 18.2 Å².